The van der Waals surface area contributed by atoms with E-state index in [-0.39, 0.29) is 0 Å². The maximum absolute atomic E-state index is 11.5. The van der Waals surface area contributed by atoms with E-state index in [1.807, 2.05) is 0 Å². The van der Waals surface area contributed by atoms with E-state index < -0.39 is 0 Å². The summed E-state index contributed by atoms with van der Waals surface area (Å²) in [5.41, 5.74) is 0. The summed E-state index contributed by atoms with van der Waals surface area (Å²) in [6, 6.07) is 0. The zero-order valence-corrected chi connectivity index (χ0v) is 12.9. The first-order valence-corrected chi connectivity index (χ1v) is 7.69. The highest BCUT2D eigenvalue weighted by Crippen LogP contribution is 2.17. The topological polar surface area (TPSA) is 17.1 Å². The van der Waals surface area contributed by atoms with Gasteiger partial charge in [0.2, 0.25) is 0 Å². The Balaban J connectivity index is 3.44. The molecule has 0 N–H and O–H groups in total. The smallest absolute Gasteiger partial charge is 0.132 e. The Morgan fingerprint density at radius 2 is 1.73 bits per heavy atom. The quantitative estimate of drug-likeness (QED) is 0.548. The number of hydrogen-bond donors (Lipinski definition) is 0. The van der Waals surface area contributed by atoms with E-state index in [1.165, 1.54) is 19.3 Å². The van der Waals surface area contributed by atoms with Crippen LogP contribution in [0.5, 0.6) is 0 Å². The van der Waals surface area contributed by atoms with Crippen LogP contribution in [0.15, 0.2) is 0 Å². The van der Waals surface area contributed by atoms with Crippen molar-refractivity contribution in [1.29, 1.82) is 0 Å². The number of Topliss-reactive ketones (excluding diaryl/α,β-unsaturated/α-hetero) is 1. The number of hydrogen-bond acceptors (Lipinski definition) is 1. The largest absolute Gasteiger partial charge is 0.300 e. The third-order valence-corrected chi connectivity index (χ3v) is 3.80. The minimum atomic E-state index is 0.405. The molecule has 0 saturated carbocycles. The summed E-state index contributed by atoms with van der Waals surface area (Å²) in [4.78, 5) is 12.5. The highest BCUT2D eigenvalue weighted by molar-refractivity contribution is 9.09. The van der Waals surface area contributed by atoms with Crippen molar-refractivity contribution >= 4 is 37.6 Å². The van der Waals surface area contributed by atoms with Crippen LogP contribution in [0.25, 0.3) is 0 Å². The van der Waals surface area contributed by atoms with Crippen molar-refractivity contribution in [2.75, 3.05) is 0 Å². The molecule has 2 atom stereocenters. The van der Waals surface area contributed by atoms with Crippen molar-refractivity contribution in [3.05, 3.63) is 0 Å². The molecule has 0 spiro atoms. The second-order valence-electron chi connectivity index (χ2n) is 4.14. The normalized spacial score (nSPS) is 14.9. The lowest BCUT2D eigenvalue weighted by molar-refractivity contribution is -0.119. The van der Waals surface area contributed by atoms with Crippen LogP contribution in [0.3, 0.4) is 0 Å². The summed E-state index contributed by atoms with van der Waals surface area (Å²) in [6.45, 7) is 4.28. The number of ketones is 1. The molecule has 0 fully saturated rings. The fourth-order valence-corrected chi connectivity index (χ4v) is 2.15. The third kappa shape index (κ3) is 10.9. The van der Waals surface area contributed by atoms with Gasteiger partial charge in [-0.2, -0.15) is 0 Å². The standard InChI is InChI=1S/C12H22Br2O/c1-3-4-5-11(14)7-9-12(15)8-6-10(2)13/h10-11H,3-9H2,1-2H3. The van der Waals surface area contributed by atoms with Crippen LogP contribution in [-0.4, -0.2) is 15.4 Å². The lowest BCUT2D eigenvalue weighted by Gasteiger charge is -2.08. The molecule has 3 heteroatoms. The molecule has 15 heavy (non-hydrogen) atoms. The van der Waals surface area contributed by atoms with Crippen LogP contribution in [-0.2, 0) is 4.79 Å². The van der Waals surface area contributed by atoms with Gasteiger partial charge in [0.1, 0.15) is 5.78 Å². The fourth-order valence-electron chi connectivity index (χ4n) is 1.37. The molecule has 0 aliphatic heterocycles. The number of rotatable bonds is 9. The third-order valence-electron chi connectivity index (χ3n) is 2.43. The van der Waals surface area contributed by atoms with Gasteiger partial charge in [-0.05, 0) is 19.3 Å². The molecule has 1 nitrogen and oxygen atoms in total. The molecule has 0 aliphatic rings. The minimum Gasteiger partial charge on any atom is -0.300 e. The fraction of sp³-hybridized carbons (Fsp3) is 0.917. The van der Waals surface area contributed by atoms with E-state index in [4.69, 9.17) is 0 Å². The number of unbranched alkanes of at least 4 members (excludes halogenated alkanes) is 1. The van der Waals surface area contributed by atoms with Gasteiger partial charge < -0.3 is 0 Å². The van der Waals surface area contributed by atoms with E-state index in [0.29, 0.717) is 15.4 Å². The first-order chi connectivity index (χ1) is 7.06. The van der Waals surface area contributed by atoms with Crippen molar-refractivity contribution in [1.82, 2.24) is 0 Å². The van der Waals surface area contributed by atoms with E-state index >= 15 is 0 Å². The molecular weight excluding hydrogens is 320 g/mol. The summed E-state index contributed by atoms with van der Waals surface area (Å²) in [6.07, 6.45) is 7.09. The van der Waals surface area contributed by atoms with Crippen LogP contribution in [0.1, 0.15) is 58.8 Å². The minimum absolute atomic E-state index is 0.405. The Labute approximate surface area is 111 Å². The van der Waals surface area contributed by atoms with Crippen LogP contribution < -0.4 is 0 Å². The summed E-state index contributed by atoms with van der Waals surface area (Å²) >= 11 is 7.08. The van der Waals surface area contributed by atoms with Gasteiger partial charge in [0, 0.05) is 22.5 Å². The average Bonchev–Trinajstić information content (AvgIpc) is 2.20. The SMILES string of the molecule is CCCCC(Br)CCC(=O)CCC(C)Br. The van der Waals surface area contributed by atoms with Gasteiger partial charge >= 0.3 is 0 Å². The van der Waals surface area contributed by atoms with Crippen molar-refractivity contribution < 1.29 is 4.79 Å². The zero-order valence-electron chi connectivity index (χ0n) is 9.77. The van der Waals surface area contributed by atoms with Gasteiger partial charge in [-0.1, -0.05) is 58.5 Å². The Hall–Kier alpha value is 0.630. The van der Waals surface area contributed by atoms with Crippen molar-refractivity contribution in [3.8, 4) is 0 Å². The zero-order chi connectivity index (χ0) is 11.7. The van der Waals surface area contributed by atoms with E-state index in [1.54, 1.807) is 0 Å². The predicted octanol–water partition coefficient (Wildman–Crippen LogP) is 4.85. The van der Waals surface area contributed by atoms with Crippen LogP contribution in [0.2, 0.25) is 0 Å². The van der Waals surface area contributed by atoms with E-state index in [0.717, 1.165) is 25.7 Å². The summed E-state index contributed by atoms with van der Waals surface area (Å²) < 4.78 is 0. The Morgan fingerprint density at radius 3 is 2.27 bits per heavy atom. The Bertz CT molecular complexity index is 169. The maximum atomic E-state index is 11.5. The molecule has 0 aromatic rings. The van der Waals surface area contributed by atoms with Gasteiger partial charge in [-0.3, -0.25) is 4.79 Å². The average molecular weight is 342 g/mol. The second kappa shape index (κ2) is 9.83. The van der Waals surface area contributed by atoms with Gasteiger partial charge in [0.05, 0.1) is 0 Å². The first kappa shape index (κ1) is 15.6. The molecule has 0 bridgehead atoms. The molecular formula is C12H22Br2O. The highest BCUT2D eigenvalue weighted by Gasteiger charge is 2.08. The van der Waals surface area contributed by atoms with Gasteiger partial charge in [-0.25, -0.2) is 0 Å². The predicted molar refractivity (Wildman–Crippen MR) is 74.1 cm³/mol. The van der Waals surface area contributed by atoms with E-state index in [9.17, 15) is 4.79 Å². The Kier molecular flexibility index (Phi) is 10.2. The monoisotopic (exact) mass is 340 g/mol. The molecule has 0 radical (unpaired) electrons. The first-order valence-electron chi connectivity index (χ1n) is 5.86. The second-order valence-corrected chi connectivity index (χ2v) is 6.99. The molecule has 0 rings (SSSR count). The van der Waals surface area contributed by atoms with Gasteiger partial charge in [0.25, 0.3) is 0 Å². The molecule has 0 amide bonds. The molecule has 90 valence electrons. The van der Waals surface area contributed by atoms with Crippen molar-refractivity contribution in [2.45, 2.75) is 68.4 Å². The maximum Gasteiger partial charge on any atom is 0.132 e. The van der Waals surface area contributed by atoms with Crippen molar-refractivity contribution in [2.24, 2.45) is 0 Å². The van der Waals surface area contributed by atoms with Gasteiger partial charge in [0.15, 0.2) is 0 Å². The summed E-state index contributed by atoms with van der Waals surface area (Å²) in [7, 11) is 0. The molecule has 0 aromatic carbocycles. The number of carbonyl (C=O) groups excluding carboxylic acids is 1. The highest BCUT2D eigenvalue weighted by atomic mass is 79.9. The van der Waals surface area contributed by atoms with Crippen LogP contribution in [0.4, 0.5) is 0 Å². The molecule has 2 unspecified atom stereocenters. The summed E-state index contributed by atoms with van der Waals surface area (Å²) in [5.74, 6) is 0.405. The number of carbonyl (C=O) groups is 1. The van der Waals surface area contributed by atoms with E-state index in [2.05, 4.69) is 45.7 Å². The number of halogens is 2. The molecule has 0 heterocycles. The molecule has 0 aromatic heterocycles. The molecule has 0 aliphatic carbocycles. The van der Waals surface area contributed by atoms with Crippen LogP contribution >= 0.6 is 31.9 Å². The molecule has 0 saturated heterocycles. The lowest BCUT2D eigenvalue weighted by atomic mass is 10.1. The lowest BCUT2D eigenvalue weighted by Crippen LogP contribution is -2.05. The summed E-state index contributed by atoms with van der Waals surface area (Å²) in [5, 5.41) is 0. The number of alkyl halides is 2. The van der Waals surface area contributed by atoms with Gasteiger partial charge in [-0.15, -0.1) is 0 Å². The van der Waals surface area contributed by atoms with Crippen LogP contribution in [0, 0.1) is 0 Å². The van der Waals surface area contributed by atoms with Crippen molar-refractivity contribution in [3.63, 3.8) is 0 Å². The Morgan fingerprint density at radius 1 is 1.13 bits per heavy atom.